The summed E-state index contributed by atoms with van der Waals surface area (Å²) in [4.78, 5) is 39.5. The van der Waals surface area contributed by atoms with Crippen LogP contribution < -0.4 is 16.6 Å². The highest BCUT2D eigenvalue weighted by atomic mass is 16.2. The largest absolute Gasteiger partial charge is 0.383 e. The normalized spacial score (nSPS) is 11.2. The quantitative estimate of drug-likeness (QED) is 0.385. The Morgan fingerprint density at radius 3 is 2.49 bits per heavy atom. The van der Waals surface area contributed by atoms with Gasteiger partial charge < -0.3 is 15.6 Å². The summed E-state index contributed by atoms with van der Waals surface area (Å²) in [5.41, 5.74) is 9.88. The molecule has 4 heterocycles. The Morgan fingerprint density at radius 1 is 0.919 bits per heavy atom. The Bertz CT molecular complexity index is 1860. The minimum atomic E-state index is -0.504. The number of rotatable bonds is 4. The fourth-order valence-corrected chi connectivity index (χ4v) is 4.51. The number of carbonyl (C=O) groups is 1. The van der Waals surface area contributed by atoms with E-state index in [1.165, 1.54) is 10.9 Å². The Balaban J connectivity index is 1.36. The molecule has 2 aromatic carbocycles. The number of nitrogens with two attached hydrogens (primary N) is 1. The summed E-state index contributed by atoms with van der Waals surface area (Å²) in [6.07, 6.45) is 5.01. The molecule has 9 heteroatoms. The van der Waals surface area contributed by atoms with E-state index in [-0.39, 0.29) is 5.56 Å². The van der Waals surface area contributed by atoms with Crippen molar-refractivity contribution in [1.82, 2.24) is 24.1 Å². The lowest BCUT2D eigenvalue weighted by Gasteiger charge is -2.12. The van der Waals surface area contributed by atoms with Crippen molar-refractivity contribution in [3.05, 3.63) is 107 Å². The summed E-state index contributed by atoms with van der Waals surface area (Å²) in [5.74, 6) is -0.102. The van der Waals surface area contributed by atoms with Crippen LogP contribution in [0.15, 0.2) is 96.3 Å². The molecule has 1 amide bonds. The number of anilines is 2. The van der Waals surface area contributed by atoms with Crippen LogP contribution in [0.2, 0.25) is 0 Å². The summed E-state index contributed by atoms with van der Waals surface area (Å²) in [6, 6.07) is 21.6. The lowest BCUT2D eigenvalue weighted by atomic mass is 10.1. The third-order valence-electron chi connectivity index (χ3n) is 6.26. The Kier molecular flexibility index (Phi) is 5.23. The molecule has 0 atom stereocenters. The molecule has 0 radical (unpaired) electrons. The first-order valence-corrected chi connectivity index (χ1v) is 11.5. The zero-order chi connectivity index (χ0) is 25.5. The van der Waals surface area contributed by atoms with Crippen LogP contribution in [-0.2, 0) is 7.05 Å². The maximum Gasteiger partial charge on any atom is 0.269 e. The van der Waals surface area contributed by atoms with Gasteiger partial charge in [-0.2, -0.15) is 0 Å². The van der Waals surface area contributed by atoms with Gasteiger partial charge in [0.2, 0.25) is 0 Å². The number of aryl methyl sites for hydroxylation is 1. The average Bonchev–Trinajstić information content (AvgIpc) is 3.26. The maximum absolute atomic E-state index is 13.4. The van der Waals surface area contributed by atoms with Gasteiger partial charge in [-0.15, -0.1) is 0 Å². The summed E-state index contributed by atoms with van der Waals surface area (Å²) in [5, 5.41) is 4.30. The van der Waals surface area contributed by atoms with Crippen molar-refractivity contribution in [2.24, 2.45) is 7.05 Å². The molecule has 6 rings (SSSR count). The molecule has 6 aromatic rings. The van der Waals surface area contributed by atoms with Crippen molar-refractivity contribution in [1.29, 1.82) is 0 Å². The van der Waals surface area contributed by atoms with Crippen LogP contribution in [0.1, 0.15) is 10.4 Å². The zero-order valence-electron chi connectivity index (χ0n) is 19.8. The number of benzene rings is 2. The standard InChI is InChI=1S/C28H21N7O2/c1-34-15-22(23-24(29)31-16-32-26(23)34)17-9-11-19(12-10-17)33-27(36)21-14-18-6-5-13-30-25(18)35(28(21)37)20-7-3-2-4-8-20/h2-16H,1H3,(H,33,36)(H2,29,31,32). The maximum atomic E-state index is 13.4. The molecule has 0 aliphatic carbocycles. The second-order valence-corrected chi connectivity index (χ2v) is 8.59. The van der Waals surface area contributed by atoms with Crippen LogP contribution in [0.3, 0.4) is 0 Å². The first kappa shape index (κ1) is 22.2. The Morgan fingerprint density at radius 2 is 1.70 bits per heavy atom. The number of para-hydroxylation sites is 1. The van der Waals surface area contributed by atoms with Crippen LogP contribution in [0.4, 0.5) is 11.5 Å². The highest BCUT2D eigenvalue weighted by Crippen LogP contribution is 2.32. The number of amides is 1. The predicted molar refractivity (Wildman–Crippen MR) is 144 cm³/mol. The van der Waals surface area contributed by atoms with Gasteiger partial charge in [-0.25, -0.2) is 15.0 Å². The minimum absolute atomic E-state index is 0.0207. The summed E-state index contributed by atoms with van der Waals surface area (Å²) < 4.78 is 3.35. The number of nitrogens with zero attached hydrogens (tertiary/aromatic N) is 5. The van der Waals surface area contributed by atoms with E-state index < -0.39 is 11.5 Å². The topological polar surface area (TPSA) is 121 Å². The van der Waals surface area contributed by atoms with Crippen LogP contribution in [0, 0.1) is 0 Å². The Hall–Kier alpha value is -5.31. The van der Waals surface area contributed by atoms with Gasteiger partial charge in [-0.3, -0.25) is 14.2 Å². The molecule has 4 aromatic heterocycles. The van der Waals surface area contributed by atoms with Gasteiger partial charge in [0, 0.05) is 36.1 Å². The van der Waals surface area contributed by atoms with E-state index in [0.717, 1.165) is 22.2 Å². The molecule has 0 spiro atoms. The van der Waals surface area contributed by atoms with Gasteiger partial charge in [0.15, 0.2) is 0 Å². The van der Waals surface area contributed by atoms with Crippen molar-refractivity contribution in [3.8, 4) is 16.8 Å². The highest BCUT2D eigenvalue weighted by Gasteiger charge is 2.18. The minimum Gasteiger partial charge on any atom is -0.383 e. The SMILES string of the molecule is Cn1cc(-c2ccc(NC(=O)c3cc4cccnc4n(-c4ccccc4)c3=O)cc2)c2c(N)ncnc21. The lowest BCUT2D eigenvalue weighted by molar-refractivity contribution is 0.102. The van der Waals surface area contributed by atoms with E-state index in [0.29, 0.717) is 28.2 Å². The average molecular weight is 488 g/mol. The van der Waals surface area contributed by atoms with Crippen molar-refractivity contribution in [3.63, 3.8) is 0 Å². The molecular weight excluding hydrogens is 466 g/mol. The Labute approximate surface area is 210 Å². The summed E-state index contributed by atoms with van der Waals surface area (Å²) >= 11 is 0. The second kappa shape index (κ2) is 8.72. The molecule has 0 unspecified atom stereocenters. The van der Waals surface area contributed by atoms with Gasteiger partial charge in [0.1, 0.15) is 29.0 Å². The van der Waals surface area contributed by atoms with Crippen molar-refractivity contribution < 1.29 is 4.79 Å². The van der Waals surface area contributed by atoms with E-state index in [1.807, 2.05) is 54.2 Å². The van der Waals surface area contributed by atoms with Gasteiger partial charge in [-0.05, 0) is 48.0 Å². The van der Waals surface area contributed by atoms with Crippen LogP contribution >= 0.6 is 0 Å². The van der Waals surface area contributed by atoms with Crippen molar-refractivity contribution >= 4 is 39.5 Å². The lowest BCUT2D eigenvalue weighted by Crippen LogP contribution is -2.29. The fourth-order valence-electron chi connectivity index (χ4n) is 4.51. The highest BCUT2D eigenvalue weighted by molar-refractivity contribution is 6.06. The van der Waals surface area contributed by atoms with Gasteiger partial charge in [0.05, 0.1) is 11.1 Å². The number of aromatic nitrogens is 5. The number of hydrogen-bond donors (Lipinski definition) is 2. The van der Waals surface area contributed by atoms with Crippen LogP contribution in [0.25, 0.3) is 38.9 Å². The number of carbonyl (C=O) groups excluding carboxylic acids is 1. The molecular formula is C28H21N7O2. The van der Waals surface area contributed by atoms with Gasteiger partial charge in [0.25, 0.3) is 11.5 Å². The van der Waals surface area contributed by atoms with Crippen LogP contribution in [-0.4, -0.2) is 30.0 Å². The second-order valence-electron chi connectivity index (χ2n) is 8.59. The molecule has 0 saturated heterocycles. The fraction of sp³-hybridized carbons (Fsp3) is 0.0357. The van der Waals surface area contributed by atoms with E-state index in [9.17, 15) is 9.59 Å². The van der Waals surface area contributed by atoms with E-state index >= 15 is 0 Å². The molecule has 9 nitrogen and oxygen atoms in total. The molecule has 0 fully saturated rings. The summed E-state index contributed by atoms with van der Waals surface area (Å²) in [6.45, 7) is 0. The molecule has 0 aliphatic heterocycles. The molecule has 0 aliphatic rings. The number of nitrogen functional groups attached to an aromatic ring is 1. The molecule has 0 bridgehead atoms. The number of pyridine rings is 2. The molecule has 180 valence electrons. The monoisotopic (exact) mass is 487 g/mol. The third kappa shape index (κ3) is 3.79. The number of fused-ring (bicyclic) bond motifs is 2. The van der Waals surface area contributed by atoms with Crippen LogP contribution in [0.5, 0.6) is 0 Å². The first-order chi connectivity index (χ1) is 18.0. The van der Waals surface area contributed by atoms with E-state index in [2.05, 4.69) is 20.3 Å². The molecule has 3 N–H and O–H groups in total. The molecule has 37 heavy (non-hydrogen) atoms. The van der Waals surface area contributed by atoms with Crippen molar-refractivity contribution in [2.45, 2.75) is 0 Å². The third-order valence-corrected chi connectivity index (χ3v) is 6.26. The number of nitrogens with one attached hydrogen (secondary N) is 1. The predicted octanol–water partition coefficient (Wildman–Crippen LogP) is 4.17. The summed E-state index contributed by atoms with van der Waals surface area (Å²) in [7, 11) is 1.90. The van der Waals surface area contributed by atoms with Gasteiger partial charge >= 0.3 is 0 Å². The first-order valence-electron chi connectivity index (χ1n) is 11.5. The van der Waals surface area contributed by atoms with E-state index in [4.69, 9.17) is 5.73 Å². The molecule has 0 saturated carbocycles. The van der Waals surface area contributed by atoms with Crippen molar-refractivity contribution in [2.75, 3.05) is 11.1 Å². The van der Waals surface area contributed by atoms with E-state index in [1.54, 1.807) is 42.6 Å². The van der Waals surface area contributed by atoms with Gasteiger partial charge in [-0.1, -0.05) is 30.3 Å². The zero-order valence-corrected chi connectivity index (χ0v) is 19.8. The smallest absolute Gasteiger partial charge is 0.269 e. The number of hydrogen-bond acceptors (Lipinski definition) is 6.